The summed E-state index contributed by atoms with van der Waals surface area (Å²) in [4.78, 5) is 3.84. The number of hydrogen-bond acceptors (Lipinski definition) is 2. The standard InChI is InChI=1S/C12H10F2N2/c13-10-4-1-3-9(7-10)8-16-12-11(14)5-2-6-15-12/h1-7H,8H2,(H,15,16). The molecule has 4 heteroatoms. The zero-order valence-corrected chi connectivity index (χ0v) is 8.45. The highest BCUT2D eigenvalue weighted by Crippen LogP contribution is 2.11. The average molecular weight is 220 g/mol. The zero-order valence-electron chi connectivity index (χ0n) is 8.45. The molecule has 0 fully saturated rings. The van der Waals surface area contributed by atoms with Gasteiger partial charge in [-0.3, -0.25) is 0 Å². The number of anilines is 1. The third kappa shape index (κ3) is 2.53. The topological polar surface area (TPSA) is 24.9 Å². The molecule has 0 unspecified atom stereocenters. The first-order chi connectivity index (χ1) is 7.75. The van der Waals surface area contributed by atoms with Crippen molar-refractivity contribution in [2.24, 2.45) is 0 Å². The summed E-state index contributed by atoms with van der Waals surface area (Å²) < 4.78 is 26.0. The number of pyridine rings is 1. The van der Waals surface area contributed by atoms with Crippen LogP contribution in [0.15, 0.2) is 42.6 Å². The number of halogens is 2. The van der Waals surface area contributed by atoms with Crippen molar-refractivity contribution >= 4 is 5.82 Å². The van der Waals surface area contributed by atoms with E-state index in [1.165, 1.54) is 30.5 Å². The number of nitrogens with zero attached hydrogens (tertiary/aromatic N) is 1. The van der Waals surface area contributed by atoms with E-state index >= 15 is 0 Å². The van der Waals surface area contributed by atoms with Crippen molar-refractivity contribution in [3.63, 3.8) is 0 Å². The lowest BCUT2D eigenvalue weighted by molar-refractivity contribution is 0.622. The zero-order chi connectivity index (χ0) is 11.4. The van der Waals surface area contributed by atoms with Crippen molar-refractivity contribution in [1.29, 1.82) is 0 Å². The van der Waals surface area contributed by atoms with Gasteiger partial charge in [0, 0.05) is 12.7 Å². The maximum Gasteiger partial charge on any atom is 0.165 e. The Labute approximate surface area is 92.0 Å². The van der Waals surface area contributed by atoms with Crippen LogP contribution in [0, 0.1) is 11.6 Å². The van der Waals surface area contributed by atoms with Crippen molar-refractivity contribution in [2.75, 3.05) is 5.32 Å². The number of nitrogens with one attached hydrogen (secondary N) is 1. The van der Waals surface area contributed by atoms with Gasteiger partial charge in [-0.15, -0.1) is 0 Å². The summed E-state index contributed by atoms with van der Waals surface area (Å²) >= 11 is 0. The summed E-state index contributed by atoms with van der Waals surface area (Å²) in [7, 11) is 0. The Bertz CT molecular complexity index is 486. The van der Waals surface area contributed by atoms with Crippen LogP contribution in [0.2, 0.25) is 0 Å². The molecule has 0 saturated carbocycles. The average Bonchev–Trinajstić information content (AvgIpc) is 2.28. The Morgan fingerprint density at radius 1 is 1.12 bits per heavy atom. The smallest absolute Gasteiger partial charge is 0.165 e. The molecule has 0 bridgehead atoms. The first-order valence-corrected chi connectivity index (χ1v) is 4.84. The van der Waals surface area contributed by atoms with Gasteiger partial charge in [-0.25, -0.2) is 13.8 Å². The SMILES string of the molecule is Fc1cccc(CNc2ncccc2F)c1. The predicted octanol–water partition coefficient (Wildman–Crippen LogP) is 2.97. The maximum absolute atomic E-state index is 13.2. The molecule has 2 rings (SSSR count). The Morgan fingerprint density at radius 2 is 2.00 bits per heavy atom. The van der Waals surface area contributed by atoms with Gasteiger partial charge >= 0.3 is 0 Å². The highest BCUT2D eigenvalue weighted by molar-refractivity contribution is 5.36. The lowest BCUT2D eigenvalue weighted by Crippen LogP contribution is -2.03. The van der Waals surface area contributed by atoms with E-state index in [-0.39, 0.29) is 11.6 Å². The molecule has 82 valence electrons. The molecule has 0 atom stereocenters. The number of rotatable bonds is 3. The van der Waals surface area contributed by atoms with Crippen LogP contribution in [0.25, 0.3) is 0 Å². The van der Waals surface area contributed by atoms with Crippen molar-refractivity contribution < 1.29 is 8.78 Å². The second kappa shape index (κ2) is 4.70. The summed E-state index contributed by atoms with van der Waals surface area (Å²) in [5, 5.41) is 2.80. The van der Waals surface area contributed by atoms with Crippen molar-refractivity contribution in [1.82, 2.24) is 4.98 Å². The molecular weight excluding hydrogens is 210 g/mol. The van der Waals surface area contributed by atoms with E-state index in [0.29, 0.717) is 6.54 Å². The molecular formula is C12H10F2N2. The molecule has 0 amide bonds. The van der Waals surface area contributed by atoms with Crippen LogP contribution in [0.3, 0.4) is 0 Å². The van der Waals surface area contributed by atoms with E-state index in [9.17, 15) is 8.78 Å². The predicted molar refractivity (Wildman–Crippen MR) is 57.9 cm³/mol. The molecule has 2 aromatic rings. The fourth-order valence-electron chi connectivity index (χ4n) is 1.35. The van der Waals surface area contributed by atoms with Crippen LogP contribution in [0.1, 0.15) is 5.56 Å². The lowest BCUT2D eigenvalue weighted by Gasteiger charge is -2.06. The van der Waals surface area contributed by atoms with Gasteiger partial charge in [-0.05, 0) is 29.8 Å². The highest BCUT2D eigenvalue weighted by Gasteiger charge is 2.01. The normalized spacial score (nSPS) is 10.1. The van der Waals surface area contributed by atoms with Gasteiger partial charge in [0.05, 0.1) is 0 Å². The van der Waals surface area contributed by atoms with E-state index in [1.807, 2.05) is 0 Å². The molecule has 1 aromatic carbocycles. The molecule has 16 heavy (non-hydrogen) atoms. The van der Waals surface area contributed by atoms with Crippen molar-refractivity contribution in [3.05, 3.63) is 59.8 Å². The molecule has 0 aliphatic carbocycles. The van der Waals surface area contributed by atoms with Crippen LogP contribution < -0.4 is 5.32 Å². The van der Waals surface area contributed by atoms with E-state index in [1.54, 1.807) is 12.1 Å². The van der Waals surface area contributed by atoms with Crippen molar-refractivity contribution in [2.45, 2.75) is 6.54 Å². The van der Waals surface area contributed by atoms with Crippen molar-refractivity contribution in [3.8, 4) is 0 Å². The van der Waals surface area contributed by atoms with E-state index in [4.69, 9.17) is 0 Å². The largest absolute Gasteiger partial charge is 0.364 e. The molecule has 0 radical (unpaired) electrons. The van der Waals surface area contributed by atoms with Crippen LogP contribution in [-0.4, -0.2) is 4.98 Å². The Kier molecular flexibility index (Phi) is 3.10. The molecule has 1 aromatic heterocycles. The second-order valence-electron chi connectivity index (χ2n) is 3.32. The molecule has 0 aliphatic rings. The minimum atomic E-state index is -0.418. The minimum absolute atomic E-state index is 0.173. The highest BCUT2D eigenvalue weighted by atomic mass is 19.1. The van der Waals surface area contributed by atoms with Gasteiger partial charge in [0.1, 0.15) is 5.82 Å². The van der Waals surface area contributed by atoms with E-state index in [2.05, 4.69) is 10.3 Å². The van der Waals surface area contributed by atoms with Crippen LogP contribution in [0.4, 0.5) is 14.6 Å². The third-order valence-electron chi connectivity index (χ3n) is 2.11. The fraction of sp³-hybridized carbons (Fsp3) is 0.0833. The van der Waals surface area contributed by atoms with Crippen LogP contribution >= 0.6 is 0 Å². The van der Waals surface area contributed by atoms with Gasteiger partial charge in [0.15, 0.2) is 11.6 Å². The third-order valence-corrected chi connectivity index (χ3v) is 2.11. The first kappa shape index (κ1) is 10.5. The Balaban J connectivity index is 2.05. The van der Waals surface area contributed by atoms with Gasteiger partial charge in [-0.1, -0.05) is 12.1 Å². The molecule has 0 spiro atoms. The van der Waals surface area contributed by atoms with Gasteiger partial charge in [0.2, 0.25) is 0 Å². The first-order valence-electron chi connectivity index (χ1n) is 4.84. The van der Waals surface area contributed by atoms with Gasteiger partial charge < -0.3 is 5.32 Å². The second-order valence-corrected chi connectivity index (χ2v) is 3.32. The number of hydrogen-bond donors (Lipinski definition) is 1. The van der Waals surface area contributed by atoms with Crippen LogP contribution in [-0.2, 0) is 6.54 Å². The van der Waals surface area contributed by atoms with E-state index in [0.717, 1.165) is 5.56 Å². The summed E-state index contributed by atoms with van der Waals surface area (Å²) in [6.07, 6.45) is 1.50. The Hall–Kier alpha value is -1.97. The maximum atomic E-state index is 13.2. The molecule has 0 saturated heterocycles. The van der Waals surface area contributed by atoms with Crippen LogP contribution in [0.5, 0.6) is 0 Å². The molecule has 0 aliphatic heterocycles. The fourth-order valence-corrected chi connectivity index (χ4v) is 1.35. The quantitative estimate of drug-likeness (QED) is 0.860. The number of benzene rings is 1. The summed E-state index contributed by atoms with van der Waals surface area (Å²) in [6.45, 7) is 0.339. The summed E-state index contributed by atoms with van der Waals surface area (Å²) in [6, 6.07) is 8.97. The van der Waals surface area contributed by atoms with Gasteiger partial charge in [-0.2, -0.15) is 0 Å². The summed E-state index contributed by atoms with van der Waals surface area (Å²) in [5.74, 6) is -0.550. The van der Waals surface area contributed by atoms with E-state index < -0.39 is 5.82 Å². The number of aromatic nitrogens is 1. The molecule has 1 heterocycles. The summed E-state index contributed by atoms with van der Waals surface area (Å²) in [5.41, 5.74) is 0.741. The molecule has 2 nitrogen and oxygen atoms in total. The molecule has 1 N–H and O–H groups in total. The lowest BCUT2D eigenvalue weighted by atomic mass is 10.2. The minimum Gasteiger partial charge on any atom is -0.364 e. The monoisotopic (exact) mass is 220 g/mol. The Morgan fingerprint density at radius 3 is 2.75 bits per heavy atom. The van der Waals surface area contributed by atoms with Gasteiger partial charge in [0.25, 0.3) is 0 Å².